The molecule has 0 bridgehead atoms. The van der Waals surface area contributed by atoms with Crippen molar-refractivity contribution in [3.63, 3.8) is 0 Å². The van der Waals surface area contributed by atoms with Crippen molar-refractivity contribution >= 4 is 11.9 Å². The van der Waals surface area contributed by atoms with Crippen molar-refractivity contribution in [2.24, 2.45) is 5.92 Å². The molecular weight excluding hydrogens is 238 g/mol. The molecule has 98 valence electrons. The summed E-state index contributed by atoms with van der Waals surface area (Å²) in [5.74, 6) is -2.01. The first-order valence-corrected chi connectivity index (χ1v) is 5.46. The van der Waals surface area contributed by atoms with E-state index in [1.54, 1.807) is 13.8 Å². The van der Waals surface area contributed by atoms with Gasteiger partial charge >= 0.3 is 5.97 Å². The van der Waals surface area contributed by atoms with E-state index in [1.807, 2.05) is 0 Å². The minimum atomic E-state index is -1.13. The highest BCUT2D eigenvalue weighted by Gasteiger charge is 2.25. The van der Waals surface area contributed by atoms with Gasteiger partial charge in [0.15, 0.2) is 11.2 Å². The monoisotopic (exact) mass is 253 g/mol. The molecule has 0 unspecified atom stereocenters. The van der Waals surface area contributed by atoms with Gasteiger partial charge in [0, 0.05) is 12.1 Å². The molecule has 0 spiro atoms. The summed E-state index contributed by atoms with van der Waals surface area (Å²) in [5, 5.41) is 11.3. The van der Waals surface area contributed by atoms with Crippen molar-refractivity contribution in [2.45, 2.75) is 26.8 Å². The molecule has 0 aliphatic rings. The van der Waals surface area contributed by atoms with Crippen molar-refractivity contribution in [2.75, 3.05) is 0 Å². The van der Waals surface area contributed by atoms with Gasteiger partial charge in [-0.2, -0.15) is 0 Å². The van der Waals surface area contributed by atoms with Crippen LogP contribution in [0.5, 0.6) is 0 Å². The van der Waals surface area contributed by atoms with Crippen LogP contribution in [0.3, 0.4) is 0 Å². The molecule has 1 amide bonds. The molecule has 0 saturated carbocycles. The van der Waals surface area contributed by atoms with E-state index in [0.717, 1.165) is 6.07 Å². The smallest absolute Gasteiger partial charge is 0.326 e. The fourth-order valence-corrected chi connectivity index (χ4v) is 1.44. The molecule has 1 atom stereocenters. The van der Waals surface area contributed by atoms with Crippen LogP contribution < -0.4 is 10.7 Å². The van der Waals surface area contributed by atoms with Gasteiger partial charge in [-0.3, -0.25) is 9.59 Å². The molecular formula is C12H15NO5. The number of aryl methyl sites for hydroxylation is 1. The molecule has 1 heterocycles. The third-order valence-corrected chi connectivity index (χ3v) is 2.33. The predicted molar refractivity (Wildman–Crippen MR) is 63.4 cm³/mol. The SMILES string of the molecule is Cc1cc(=O)cc(C(=O)N[C@@H](C(=O)O)C(C)C)o1. The zero-order valence-corrected chi connectivity index (χ0v) is 10.4. The van der Waals surface area contributed by atoms with E-state index < -0.39 is 17.9 Å². The summed E-state index contributed by atoms with van der Waals surface area (Å²) in [4.78, 5) is 33.9. The minimum Gasteiger partial charge on any atom is -0.480 e. The number of carboxylic acids is 1. The molecule has 0 radical (unpaired) electrons. The molecule has 6 nitrogen and oxygen atoms in total. The van der Waals surface area contributed by atoms with Gasteiger partial charge in [0.05, 0.1) is 0 Å². The molecule has 18 heavy (non-hydrogen) atoms. The van der Waals surface area contributed by atoms with Gasteiger partial charge in [-0.05, 0) is 12.8 Å². The molecule has 0 aromatic carbocycles. The Balaban J connectivity index is 2.94. The third-order valence-electron chi connectivity index (χ3n) is 2.33. The minimum absolute atomic E-state index is 0.188. The third kappa shape index (κ3) is 3.44. The second-order valence-electron chi connectivity index (χ2n) is 4.30. The number of carbonyl (C=O) groups is 2. The van der Waals surface area contributed by atoms with E-state index >= 15 is 0 Å². The van der Waals surface area contributed by atoms with E-state index in [0.29, 0.717) is 5.76 Å². The Morgan fingerprint density at radius 2 is 1.94 bits per heavy atom. The summed E-state index contributed by atoms with van der Waals surface area (Å²) in [5.41, 5.74) is -0.361. The summed E-state index contributed by atoms with van der Waals surface area (Å²) in [7, 11) is 0. The van der Waals surface area contributed by atoms with Crippen LogP contribution in [-0.2, 0) is 4.79 Å². The molecule has 0 aliphatic heterocycles. The highest BCUT2D eigenvalue weighted by atomic mass is 16.4. The van der Waals surface area contributed by atoms with Crippen LogP contribution in [0.25, 0.3) is 0 Å². The molecule has 6 heteroatoms. The highest BCUT2D eigenvalue weighted by Crippen LogP contribution is 2.05. The average Bonchev–Trinajstić information content (AvgIpc) is 2.23. The van der Waals surface area contributed by atoms with Crippen molar-refractivity contribution in [3.05, 3.63) is 33.9 Å². The zero-order valence-electron chi connectivity index (χ0n) is 10.4. The van der Waals surface area contributed by atoms with Crippen molar-refractivity contribution < 1.29 is 19.1 Å². The summed E-state index contributed by atoms with van der Waals surface area (Å²) in [6, 6.07) is 1.25. The number of nitrogens with one attached hydrogen (secondary N) is 1. The number of amides is 1. The molecule has 1 aromatic rings. The van der Waals surface area contributed by atoms with Crippen LogP contribution in [0.2, 0.25) is 0 Å². The second kappa shape index (κ2) is 5.48. The van der Waals surface area contributed by atoms with Gasteiger partial charge in [-0.15, -0.1) is 0 Å². The lowest BCUT2D eigenvalue weighted by Crippen LogP contribution is -2.44. The lowest BCUT2D eigenvalue weighted by Gasteiger charge is -2.17. The van der Waals surface area contributed by atoms with Crippen LogP contribution in [0, 0.1) is 12.8 Å². The Kier molecular flexibility index (Phi) is 4.25. The number of rotatable bonds is 4. The summed E-state index contributed by atoms with van der Waals surface area (Å²) < 4.78 is 5.08. The van der Waals surface area contributed by atoms with Crippen molar-refractivity contribution in [1.82, 2.24) is 5.32 Å². The fraction of sp³-hybridized carbons (Fsp3) is 0.417. The topological polar surface area (TPSA) is 96.6 Å². The lowest BCUT2D eigenvalue weighted by molar-refractivity contribution is -0.140. The molecule has 2 N–H and O–H groups in total. The maximum absolute atomic E-state index is 11.8. The number of carbonyl (C=O) groups excluding carboxylic acids is 1. The molecule has 0 fully saturated rings. The largest absolute Gasteiger partial charge is 0.480 e. The second-order valence-corrected chi connectivity index (χ2v) is 4.30. The van der Waals surface area contributed by atoms with Crippen molar-refractivity contribution in [1.29, 1.82) is 0 Å². The number of aliphatic carboxylic acids is 1. The van der Waals surface area contributed by atoms with E-state index in [1.165, 1.54) is 13.0 Å². The Morgan fingerprint density at radius 3 is 2.39 bits per heavy atom. The highest BCUT2D eigenvalue weighted by molar-refractivity contribution is 5.94. The Hall–Kier alpha value is -2.11. The Morgan fingerprint density at radius 1 is 1.33 bits per heavy atom. The summed E-state index contributed by atoms with van der Waals surface area (Å²) in [6.07, 6.45) is 0. The van der Waals surface area contributed by atoms with Gasteiger partial charge < -0.3 is 14.8 Å². The van der Waals surface area contributed by atoms with Gasteiger partial charge in [0.1, 0.15) is 11.8 Å². The lowest BCUT2D eigenvalue weighted by atomic mass is 10.0. The maximum Gasteiger partial charge on any atom is 0.326 e. The zero-order chi connectivity index (χ0) is 13.9. The number of carboxylic acid groups (broad SMARTS) is 1. The average molecular weight is 253 g/mol. The first kappa shape index (κ1) is 14.0. The van der Waals surface area contributed by atoms with Crippen LogP contribution in [0.15, 0.2) is 21.3 Å². The Bertz CT molecular complexity index is 517. The summed E-state index contributed by atoms with van der Waals surface area (Å²) in [6.45, 7) is 4.88. The standard InChI is InChI=1S/C12H15NO5/c1-6(2)10(12(16)17)13-11(15)9-5-8(14)4-7(3)18-9/h4-6,10H,1-3H3,(H,13,15)(H,16,17)/t10-/m1/s1. The van der Waals surface area contributed by atoms with Crippen LogP contribution in [0.4, 0.5) is 0 Å². The Labute approximate surface area is 104 Å². The van der Waals surface area contributed by atoms with E-state index in [9.17, 15) is 14.4 Å². The summed E-state index contributed by atoms with van der Waals surface area (Å²) >= 11 is 0. The first-order valence-electron chi connectivity index (χ1n) is 5.46. The van der Waals surface area contributed by atoms with E-state index in [2.05, 4.69) is 5.32 Å². The van der Waals surface area contributed by atoms with Gasteiger partial charge in [-0.25, -0.2) is 4.79 Å². The first-order chi connectivity index (χ1) is 8.31. The maximum atomic E-state index is 11.8. The van der Waals surface area contributed by atoms with Crippen LogP contribution >= 0.6 is 0 Å². The van der Waals surface area contributed by atoms with Crippen LogP contribution in [0.1, 0.15) is 30.2 Å². The molecule has 0 aliphatic carbocycles. The molecule has 0 saturated heterocycles. The normalized spacial score (nSPS) is 12.2. The van der Waals surface area contributed by atoms with Gasteiger partial charge in [0.2, 0.25) is 0 Å². The predicted octanol–water partition coefficient (Wildman–Crippen LogP) is 0.787. The van der Waals surface area contributed by atoms with Crippen molar-refractivity contribution in [3.8, 4) is 0 Å². The molecule has 1 rings (SSSR count). The van der Waals surface area contributed by atoms with Crippen LogP contribution in [-0.4, -0.2) is 23.0 Å². The fourth-order valence-electron chi connectivity index (χ4n) is 1.44. The molecule has 1 aromatic heterocycles. The quantitative estimate of drug-likeness (QED) is 0.826. The number of hydrogen-bond donors (Lipinski definition) is 2. The number of hydrogen-bond acceptors (Lipinski definition) is 4. The van der Waals surface area contributed by atoms with E-state index in [4.69, 9.17) is 9.52 Å². The van der Waals surface area contributed by atoms with E-state index in [-0.39, 0.29) is 17.1 Å². The van der Waals surface area contributed by atoms with Gasteiger partial charge in [-0.1, -0.05) is 13.8 Å². The van der Waals surface area contributed by atoms with Gasteiger partial charge in [0.25, 0.3) is 5.91 Å².